The zero-order chi connectivity index (χ0) is 12.5. The lowest BCUT2D eigenvalue weighted by atomic mass is 10.1. The van der Waals surface area contributed by atoms with Crippen LogP contribution in [-0.4, -0.2) is 11.5 Å². The number of nitrogens with zero attached hydrogens (tertiary/aromatic N) is 1. The number of benzene rings is 2. The van der Waals surface area contributed by atoms with Gasteiger partial charge in [-0.2, -0.15) is 0 Å². The number of fused-ring (bicyclic) bond motifs is 3. The standard InChI is InChI=1S/C14H13BrN2S/c1-2-7-16-14-17-13-10-6-4-3-5-9(10)11(15)8-12(13)18-14/h3-6,8H,2,7H2,1H3,(H,16,17). The monoisotopic (exact) mass is 320 g/mol. The van der Waals surface area contributed by atoms with Crippen LogP contribution < -0.4 is 5.32 Å². The quantitative estimate of drug-likeness (QED) is 0.731. The summed E-state index contributed by atoms with van der Waals surface area (Å²) in [7, 11) is 0. The van der Waals surface area contributed by atoms with Gasteiger partial charge in [-0.15, -0.1) is 0 Å². The third kappa shape index (κ3) is 1.99. The molecule has 2 aromatic carbocycles. The maximum atomic E-state index is 4.71. The lowest BCUT2D eigenvalue weighted by molar-refractivity contribution is 0.977. The van der Waals surface area contributed by atoms with Crippen LogP contribution >= 0.6 is 27.3 Å². The van der Waals surface area contributed by atoms with Gasteiger partial charge in [0.1, 0.15) is 0 Å². The second-order valence-electron chi connectivity index (χ2n) is 4.20. The Morgan fingerprint density at radius 1 is 1.28 bits per heavy atom. The van der Waals surface area contributed by atoms with Gasteiger partial charge in [-0.1, -0.05) is 58.5 Å². The molecule has 0 aliphatic heterocycles. The van der Waals surface area contributed by atoms with Crippen LogP contribution in [0.25, 0.3) is 21.0 Å². The Kier molecular flexibility index (Phi) is 3.22. The molecule has 0 radical (unpaired) electrons. The first-order valence-electron chi connectivity index (χ1n) is 6.01. The molecule has 0 atom stereocenters. The first-order valence-corrected chi connectivity index (χ1v) is 7.62. The Bertz CT molecular complexity index is 705. The maximum Gasteiger partial charge on any atom is 0.183 e. The lowest BCUT2D eigenvalue weighted by Crippen LogP contribution is -1.98. The number of anilines is 1. The second kappa shape index (κ2) is 4.86. The predicted octanol–water partition coefficient (Wildman–Crippen LogP) is 5.03. The number of hydrogen-bond acceptors (Lipinski definition) is 3. The van der Waals surface area contributed by atoms with Crippen LogP contribution in [-0.2, 0) is 0 Å². The molecule has 0 aliphatic rings. The number of thiazole rings is 1. The normalized spacial score (nSPS) is 11.2. The number of halogens is 1. The Labute approximate surface area is 118 Å². The summed E-state index contributed by atoms with van der Waals surface area (Å²) < 4.78 is 2.36. The molecular formula is C14H13BrN2S. The topological polar surface area (TPSA) is 24.9 Å². The van der Waals surface area contributed by atoms with Gasteiger partial charge in [0.2, 0.25) is 0 Å². The van der Waals surface area contributed by atoms with Crippen LogP contribution in [0.1, 0.15) is 13.3 Å². The Morgan fingerprint density at radius 3 is 2.83 bits per heavy atom. The van der Waals surface area contributed by atoms with Crippen molar-refractivity contribution in [1.82, 2.24) is 4.98 Å². The average molecular weight is 321 g/mol. The van der Waals surface area contributed by atoms with E-state index in [9.17, 15) is 0 Å². The lowest BCUT2D eigenvalue weighted by Gasteiger charge is -2.00. The van der Waals surface area contributed by atoms with Crippen molar-refractivity contribution in [3.05, 3.63) is 34.8 Å². The van der Waals surface area contributed by atoms with Crippen molar-refractivity contribution < 1.29 is 0 Å². The molecule has 3 rings (SSSR count). The van der Waals surface area contributed by atoms with E-state index in [1.807, 2.05) is 0 Å². The first kappa shape index (κ1) is 11.9. The molecule has 0 amide bonds. The minimum Gasteiger partial charge on any atom is -0.361 e. The smallest absolute Gasteiger partial charge is 0.183 e. The summed E-state index contributed by atoms with van der Waals surface area (Å²) in [6.45, 7) is 3.13. The van der Waals surface area contributed by atoms with Gasteiger partial charge in [-0.3, -0.25) is 0 Å². The Morgan fingerprint density at radius 2 is 2.06 bits per heavy atom. The van der Waals surface area contributed by atoms with Crippen LogP contribution in [0.15, 0.2) is 34.8 Å². The molecule has 1 aromatic heterocycles. The van der Waals surface area contributed by atoms with Crippen molar-refractivity contribution in [2.24, 2.45) is 0 Å². The van der Waals surface area contributed by atoms with Crippen molar-refractivity contribution in [3.8, 4) is 0 Å². The molecule has 0 saturated carbocycles. The fourth-order valence-corrected chi connectivity index (χ4v) is 3.70. The zero-order valence-corrected chi connectivity index (χ0v) is 12.4. The van der Waals surface area contributed by atoms with E-state index in [2.05, 4.69) is 58.5 Å². The number of rotatable bonds is 3. The van der Waals surface area contributed by atoms with Gasteiger partial charge >= 0.3 is 0 Å². The molecule has 0 spiro atoms. The molecule has 1 heterocycles. The van der Waals surface area contributed by atoms with E-state index < -0.39 is 0 Å². The summed E-state index contributed by atoms with van der Waals surface area (Å²) >= 11 is 5.35. The molecule has 4 heteroatoms. The second-order valence-corrected chi connectivity index (χ2v) is 6.08. The third-order valence-electron chi connectivity index (χ3n) is 2.88. The van der Waals surface area contributed by atoms with Gasteiger partial charge in [0.05, 0.1) is 10.2 Å². The molecule has 1 N–H and O–H groups in total. The molecule has 0 unspecified atom stereocenters. The van der Waals surface area contributed by atoms with Crippen molar-refractivity contribution in [3.63, 3.8) is 0 Å². The first-order chi connectivity index (χ1) is 8.79. The van der Waals surface area contributed by atoms with Crippen LogP contribution in [0.2, 0.25) is 0 Å². The minimum absolute atomic E-state index is 0.971. The van der Waals surface area contributed by atoms with E-state index in [1.54, 1.807) is 11.3 Å². The molecule has 0 saturated heterocycles. The predicted molar refractivity (Wildman–Crippen MR) is 83.6 cm³/mol. The van der Waals surface area contributed by atoms with E-state index in [4.69, 9.17) is 4.98 Å². The Hall–Kier alpha value is -1.13. The molecule has 0 fully saturated rings. The van der Waals surface area contributed by atoms with Crippen molar-refractivity contribution in [1.29, 1.82) is 0 Å². The third-order valence-corrected chi connectivity index (χ3v) is 4.49. The maximum absolute atomic E-state index is 4.71. The van der Waals surface area contributed by atoms with Gasteiger partial charge in [-0.25, -0.2) is 4.98 Å². The molecule has 18 heavy (non-hydrogen) atoms. The Balaban J connectivity index is 2.23. The molecule has 92 valence electrons. The molecule has 2 nitrogen and oxygen atoms in total. The van der Waals surface area contributed by atoms with Crippen molar-refractivity contribution in [2.45, 2.75) is 13.3 Å². The average Bonchev–Trinajstić information content (AvgIpc) is 2.80. The summed E-state index contributed by atoms with van der Waals surface area (Å²) in [5, 5.41) is 6.80. The van der Waals surface area contributed by atoms with Crippen LogP contribution in [0.4, 0.5) is 5.13 Å². The van der Waals surface area contributed by atoms with Crippen LogP contribution in [0.3, 0.4) is 0 Å². The van der Waals surface area contributed by atoms with E-state index in [1.165, 1.54) is 15.5 Å². The summed E-state index contributed by atoms with van der Waals surface area (Å²) in [6, 6.07) is 10.5. The fraction of sp³-hybridized carbons (Fsp3) is 0.214. The summed E-state index contributed by atoms with van der Waals surface area (Å²) in [5.74, 6) is 0. The van der Waals surface area contributed by atoms with E-state index in [-0.39, 0.29) is 0 Å². The minimum atomic E-state index is 0.971. The van der Waals surface area contributed by atoms with Crippen molar-refractivity contribution >= 4 is 53.4 Å². The van der Waals surface area contributed by atoms with Gasteiger partial charge in [0.25, 0.3) is 0 Å². The number of aromatic nitrogens is 1. The van der Waals surface area contributed by atoms with Crippen LogP contribution in [0.5, 0.6) is 0 Å². The van der Waals surface area contributed by atoms with Gasteiger partial charge in [-0.05, 0) is 17.9 Å². The van der Waals surface area contributed by atoms with Crippen molar-refractivity contribution in [2.75, 3.05) is 11.9 Å². The molecule has 0 bridgehead atoms. The summed E-state index contributed by atoms with van der Waals surface area (Å²) in [5.41, 5.74) is 1.09. The summed E-state index contributed by atoms with van der Waals surface area (Å²) in [6.07, 6.45) is 1.11. The number of hydrogen-bond donors (Lipinski definition) is 1. The summed E-state index contributed by atoms with van der Waals surface area (Å²) in [4.78, 5) is 4.71. The van der Waals surface area contributed by atoms with E-state index in [0.717, 1.165) is 28.1 Å². The highest BCUT2D eigenvalue weighted by Gasteiger charge is 2.09. The fourth-order valence-electron chi connectivity index (χ4n) is 2.02. The van der Waals surface area contributed by atoms with Crippen LogP contribution in [0, 0.1) is 0 Å². The highest BCUT2D eigenvalue weighted by molar-refractivity contribution is 9.10. The molecular weight excluding hydrogens is 308 g/mol. The SMILES string of the molecule is CCCNc1nc2c(cc(Br)c3ccccc32)s1. The largest absolute Gasteiger partial charge is 0.361 e. The van der Waals surface area contributed by atoms with E-state index in [0.29, 0.717) is 0 Å². The molecule has 0 aliphatic carbocycles. The highest BCUT2D eigenvalue weighted by atomic mass is 79.9. The molecule has 3 aromatic rings. The number of nitrogens with one attached hydrogen (secondary N) is 1. The van der Waals surface area contributed by atoms with Gasteiger partial charge in [0.15, 0.2) is 5.13 Å². The highest BCUT2D eigenvalue weighted by Crippen LogP contribution is 2.36. The van der Waals surface area contributed by atoms with Gasteiger partial charge < -0.3 is 5.32 Å². The van der Waals surface area contributed by atoms with E-state index >= 15 is 0 Å². The van der Waals surface area contributed by atoms with Gasteiger partial charge in [0, 0.05) is 16.4 Å². The zero-order valence-electron chi connectivity index (χ0n) is 10.0.